The van der Waals surface area contributed by atoms with Gasteiger partial charge in [-0.15, -0.1) is 0 Å². The van der Waals surface area contributed by atoms with E-state index in [9.17, 15) is 14.0 Å². The summed E-state index contributed by atoms with van der Waals surface area (Å²) in [5.41, 5.74) is -0.122. The van der Waals surface area contributed by atoms with E-state index in [1.54, 1.807) is 33.8 Å². The molecule has 4 nitrogen and oxygen atoms in total. The van der Waals surface area contributed by atoms with Gasteiger partial charge in [-0.25, -0.2) is 9.18 Å². The Morgan fingerprint density at radius 3 is 2.32 bits per heavy atom. The van der Waals surface area contributed by atoms with Crippen LogP contribution in [0, 0.1) is 18.2 Å². The molecule has 1 aromatic rings. The molecule has 0 heterocycles. The number of carbonyl (C=O) groups excluding carboxylic acids is 1. The smallest absolute Gasteiger partial charge is 0.326 e. The van der Waals surface area contributed by atoms with E-state index in [-0.39, 0.29) is 5.56 Å². The van der Waals surface area contributed by atoms with E-state index in [1.165, 1.54) is 12.1 Å². The zero-order valence-electron chi connectivity index (χ0n) is 11.5. The average Bonchev–Trinajstić information content (AvgIpc) is 2.23. The number of carboxylic acid groups (broad SMARTS) is 1. The van der Waals surface area contributed by atoms with Gasteiger partial charge in [-0.2, -0.15) is 0 Å². The summed E-state index contributed by atoms with van der Waals surface area (Å²) in [4.78, 5) is 23.1. The monoisotopic (exact) mass is 267 g/mol. The van der Waals surface area contributed by atoms with Crippen LogP contribution in [0.15, 0.2) is 18.2 Å². The molecular weight excluding hydrogens is 249 g/mol. The molecule has 2 N–H and O–H groups in total. The Morgan fingerprint density at radius 1 is 1.32 bits per heavy atom. The standard InChI is InChI=1S/C14H18FNO3/c1-8-5-6-9(10(15)7-8)12(17)16-11(13(18)19)14(2,3)4/h5-7,11H,1-4H3,(H,16,17)(H,18,19)/t11-/m0/s1. The zero-order chi connectivity index (χ0) is 14.8. The van der Waals surface area contributed by atoms with Crippen molar-refractivity contribution in [2.24, 2.45) is 5.41 Å². The summed E-state index contributed by atoms with van der Waals surface area (Å²) in [7, 11) is 0. The molecule has 0 fully saturated rings. The molecule has 0 aliphatic heterocycles. The van der Waals surface area contributed by atoms with Gasteiger partial charge in [0.25, 0.3) is 5.91 Å². The molecule has 1 rings (SSSR count). The second-order valence-electron chi connectivity index (χ2n) is 5.59. The Balaban J connectivity index is 2.98. The number of hydrogen-bond donors (Lipinski definition) is 2. The van der Waals surface area contributed by atoms with Crippen molar-refractivity contribution >= 4 is 11.9 Å². The van der Waals surface area contributed by atoms with E-state index >= 15 is 0 Å². The molecule has 5 heteroatoms. The molecule has 0 spiro atoms. The lowest BCUT2D eigenvalue weighted by Crippen LogP contribution is -2.49. The van der Waals surface area contributed by atoms with Gasteiger partial charge < -0.3 is 10.4 Å². The fourth-order valence-electron chi connectivity index (χ4n) is 1.66. The van der Waals surface area contributed by atoms with Gasteiger partial charge in [0.1, 0.15) is 11.9 Å². The number of halogens is 1. The summed E-state index contributed by atoms with van der Waals surface area (Å²) in [6.07, 6.45) is 0. The van der Waals surface area contributed by atoms with Crippen molar-refractivity contribution < 1.29 is 19.1 Å². The van der Waals surface area contributed by atoms with E-state index in [4.69, 9.17) is 5.11 Å². The number of carbonyl (C=O) groups is 2. The first-order chi connectivity index (χ1) is 8.62. The van der Waals surface area contributed by atoms with Crippen LogP contribution in [0.25, 0.3) is 0 Å². The normalized spacial score (nSPS) is 12.9. The van der Waals surface area contributed by atoms with Crippen LogP contribution in [0.4, 0.5) is 4.39 Å². The Hall–Kier alpha value is -1.91. The van der Waals surface area contributed by atoms with Crippen molar-refractivity contribution in [2.45, 2.75) is 33.7 Å². The van der Waals surface area contributed by atoms with E-state index in [2.05, 4.69) is 5.32 Å². The van der Waals surface area contributed by atoms with E-state index in [0.29, 0.717) is 5.56 Å². The molecule has 1 amide bonds. The first-order valence-electron chi connectivity index (χ1n) is 5.92. The maximum Gasteiger partial charge on any atom is 0.326 e. The summed E-state index contributed by atoms with van der Waals surface area (Å²) in [5.74, 6) is -2.52. The van der Waals surface area contributed by atoms with Gasteiger partial charge in [-0.1, -0.05) is 26.8 Å². The summed E-state index contributed by atoms with van der Waals surface area (Å²) in [6.45, 7) is 6.78. The second-order valence-corrected chi connectivity index (χ2v) is 5.59. The predicted octanol–water partition coefficient (Wildman–Crippen LogP) is 2.36. The second kappa shape index (κ2) is 5.38. The summed E-state index contributed by atoms with van der Waals surface area (Å²) in [6, 6.07) is 3.11. The van der Waals surface area contributed by atoms with Crippen LogP contribution in [0.1, 0.15) is 36.7 Å². The van der Waals surface area contributed by atoms with E-state index < -0.39 is 29.2 Å². The lowest BCUT2D eigenvalue weighted by Gasteiger charge is -2.27. The number of amides is 1. The fourth-order valence-corrected chi connectivity index (χ4v) is 1.66. The predicted molar refractivity (Wildman–Crippen MR) is 69.5 cm³/mol. The van der Waals surface area contributed by atoms with Crippen LogP contribution in [-0.2, 0) is 4.79 Å². The number of benzene rings is 1. The molecule has 0 unspecified atom stereocenters. The van der Waals surface area contributed by atoms with Gasteiger partial charge in [0, 0.05) is 0 Å². The SMILES string of the molecule is Cc1ccc(C(=O)N[C@@H](C(=O)O)C(C)(C)C)c(F)c1. The molecule has 0 radical (unpaired) electrons. The number of carboxylic acids is 1. The van der Waals surface area contributed by atoms with Crippen LogP contribution >= 0.6 is 0 Å². The quantitative estimate of drug-likeness (QED) is 0.883. The van der Waals surface area contributed by atoms with Crippen LogP contribution in [0.2, 0.25) is 0 Å². The third kappa shape index (κ3) is 3.77. The first kappa shape index (κ1) is 15.1. The Kier molecular flexibility index (Phi) is 4.29. The largest absolute Gasteiger partial charge is 0.480 e. The number of aryl methyl sites for hydroxylation is 1. The van der Waals surface area contributed by atoms with Crippen LogP contribution in [0.3, 0.4) is 0 Å². The minimum Gasteiger partial charge on any atom is -0.480 e. The molecule has 19 heavy (non-hydrogen) atoms. The van der Waals surface area contributed by atoms with Crippen LogP contribution < -0.4 is 5.32 Å². The molecule has 0 saturated heterocycles. The highest BCUT2D eigenvalue weighted by Gasteiger charge is 2.33. The third-order valence-corrected chi connectivity index (χ3v) is 2.76. The summed E-state index contributed by atoms with van der Waals surface area (Å²) < 4.78 is 13.6. The molecule has 0 bridgehead atoms. The Labute approximate surface area is 111 Å². The maximum atomic E-state index is 13.6. The Bertz CT molecular complexity index is 506. The van der Waals surface area contributed by atoms with Crippen molar-refractivity contribution in [1.29, 1.82) is 0 Å². The molecule has 0 aliphatic carbocycles. The van der Waals surface area contributed by atoms with Crippen molar-refractivity contribution in [1.82, 2.24) is 5.32 Å². The zero-order valence-corrected chi connectivity index (χ0v) is 11.5. The highest BCUT2D eigenvalue weighted by molar-refractivity contribution is 5.97. The number of rotatable bonds is 3. The van der Waals surface area contributed by atoms with Crippen LogP contribution in [0.5, 0.6) is 0 Å². The van der Waals surface area contributed by atoms with E-state index in [0.717, 1.165) is 0 Å². The molecule has 0 saturated carbocycles. The molecule has 0 aromatic heterocycles. The number of aliphatic carboxylic acids is 1. The fraction of sp³-hybridized carbons (Fsp3) is 0.429. The van der Waals surface area contributed by atoms with Crippen LogP contribution in [-0.4, -0.2) is 23.0 Å². The molecular formula is C14H18FNO3. The van der Waals surface area contributed by atoms with Crippen molar-refractivity contribution in [3.8, 4) is 0 Å². The van der Waals surface area contributed by atoms with Gasteiger partial charge in [-0.3, -0.25) is 4.79 Å². The molecule has 1 atom stereocenters. The lowest BCUT2D eigenvalue weighted by atomic mass is 9.86. The van der Waals surface area contributed by atoms with Crippen molar-refractivity contribution in [3.63, 3.8) is 0 Å². The number of nitrogens with one attached hydrogen (secondary N) is 1. The third-order valence-electron chi connectivity index (χ3n) is 2.76. The minimum absolute atomic E-state index is 0.152. The van der Waals surface area contributed by atoms with Gasteiger partial charge >= 0.3 is 5.97 Å². The lowest BCUT2D eigenvalue weighted by molar-refractivity contribution is -0.142. The van der Waals surface area contributed by atoms with Gasteiger partial charge in [0.15, 0.2) is 0 Å². The summed E-state index contributed by atoms with van der Waals surface area (Å²) in [5, 5.41) is 11.5. The van der Waals surface area contributed by atoms with E-state index in [1.807, 2.05) is 0 Å². The molecule has 0 aliphatic rings. The highest BCUT2D eigenvalue weighted by atomic mass is 19.1. The van der Waals surface area contributed by atoms with Gasteiger partial charge in [0.05, 0.1) is 5.56 Å². The van der Waals surface area contributed by atoms with Gasteiger partial charge in [-0.05, 0) is 30.0 Å². The molecule has 104 valence electrons. The van der Waals surface area contributed by atoms with Gasteiger partial charge in [0.2, 0.25) is 0 Å². The topological polar surface area (TPSA) is 66.4 Å². The highest BCUT2D eigenvalue weighted by Crippen LogP contribution is 2.20. The van der Waals surface area contributed by atoms with Crippen molar-refractivity contribution in [3.05, 3.63) is 35.1 Å². The maximum absolute atomic E-state index is 13.6. The molecule has 1 aromatic carbocycles. The first-order valence-corrected chi connectivity index (χ1v) is 5.92. The minimum atomic E-state index is -1.15. The summed E-state index contributed by atoms with van der Waals surface area (Å²) >= 11 is 0. The van der Waals surface area contributed by atoms with Crippen molar-refractivity contribution in [2.75, 3.05) is 0 Å². The number of hydrogen-bond acceptors (Lipinski definition) is 2. The average molecular weight is 267 g/mol. The Morgan fingerprint density at radius 2 is 1.89 bits per heavy atom.